The number of piperidine rings is 1. The van der Waals surface area contributed by atoms with Crippen molar-refractivity contribution in [3.8, 4) is 0 Å². The van der Waals surface area contributed by atoms with E-state index in [0.29, 0.717) is 22.8 Å². The SMILES string of the molecule is CCCc1nnc(C(=O)Nc2cccc(C(=O)NCCCN3CCCCC3)c2)s1. The molecule has 2 aromatic rings. The number of aromatic nitrogens is 2. The summed E-state index contributed by atoms with van der Waals surface area (Å²) in [6, 6.07) is 6.96. The monoisotopic (exact) mass is 415 g/mol. The van der Waals surface area contributed by atoms with Gasteiger partial charge in [0.15, 0.2) is 0 Å². The van der Waals surface area contributed by atoms with Crippen molar-refractivity contribution in [1.29, 1.82) is 0 Å². The van der Waals surface area contributed by atoms with Crippen molar-refractivity contribution >= 4 is 28.8 Å². The maximum atomic E-state index is 12.4. The van der Waals surface area contributed by atoms with Crippen molar-refractivity contribution in [1.82, 2.24) is 20.4 Å². The van der Waals surface area contributed by atoms with Crippen molar-refractivity contribution in [2.75, 3.05) is 31.5 Å². The molecule has 1 fully saturated rings. The van der Waals surface area contributed by atoms with E-state index in [4.69, 9.17) is 0 Å². The van der Waals surface area contributed by atoms with E-state index in [1.54, 1.807) is 24.3 Å². The van der Waals surface area contributed by atoms with Crippen LogP contribution in [0.1, 0.15) is 64.2 Å². The van der Waals surface area contributed by atoms with E-state index in [0.717, 1.165) is 30.8 Å². The molecule has 0 bridgehead atoms. The van der Waals surface area contributed by atoms with E-state index in [1.807, 2.05) is 0 Å². The first-order valence-corrected chi connectivity index (χ1v) is 11.2. The highest BCUT2D eigenvalue weighted by molar-refractivity contribution is 7.13. The molecule has 1 aromatic heterocycles. The average Bonchev–Trinajstić information content (AvgIpc) is 3.21. The van der Waals surface area contributed by atoms with Gasteiger partial charge >= 0.3 is 0 Å². The van der Waals surface area contributed by atoms with E-state index in [9.17, 15) is 9.59 Å². The summed E-state index contributed by atoms with van der Waals surface area (Å²) in [4.78, 5) is 27.3. The number of benzene rings is 1. The zero-order valence-electron chi connectivity index (χ0n) is 16.9. The van der Waals surface area contributed by atoms with Crippen LogP contribution in [0.25, 0.3) is 0 Å². The van der Waals surface area contributed by atoms with E-state index >= 15 is 0 Å². The van der Waals surface area contributed by atoms with Gasteiger partial charge in [0.1, 0.15) is 5.01 Å². The fraction of sp³-hybridized carbons (Fsp3) is 0.524. The van der Waals surface area contributed by atoms with Gasteiger partial charge in [0.25, 0.3) is 11.8 Å². The minimum atomic E-state index is -0.302. The van der Waals surface area contributed by atoms with Crippen LogP contribution in [0.4, 0.5) is 5.69 Å². The molecule has 0 spiro atoms. The summed E-state index contributed by atoms with van der Waals surface area (Å²) in [5.74, 6) is -0.426. The first kappa shape index (κ1) is 21.4. The van der Waals surface area contributed by atoms with Gasteiger partial charge in [-0.05, 0) is 63.5 Å². The molecule has 0 saturated carbocycles. The fourth-order valence-electron chi connectivity index (χ4n) is 3.37. The quantitative estimate of drug-likeness (QED) is 0.613. The summed E-state index contributed by atoms with van der Waals surface area (Å²) in [5.41, 5.74) is 1.10. The van der Waals surface area contributed by atoms with Crippen molar-refractivity contribution in [2.24, 2.45) is 0 Å². The minimum Gasteiger partial charge on any atom is -0.352 e. The topological polar surface area (TPSA) is 87.2 Å². The Morgan fingerprint density at radius 3 is 2.76 bits per heavy atom. The number of hydrogen-bond donors (Lipinski definition) is 2. The second-order valence-electron chi connectivity index (χ2n) is 7.30. The predicted molar refractivity (Wildman–Crippen MR) is 116 cm³/mol. The zero-order valence-corrected chi connectivity index (χ0v) is 17.8. The van der Waals surface area contributed by atoms with Crippen LogP contribution in [0, 0.1) is 0 Å². The maximum absolute atomic E-state index is 12.4. The van der Waals surface area contributed by atoms with E-state index in [-0.39, 0.29) is 11.8 Å². The molecule has 0 unspecified atom stereocenters. The maximum Gasteiger partial charge on any atom is 0.286 e. The standard InChI is InChI=1S/C21H29N5O2S/c1-2-8-18-24-25-21(29-18)20(28)23-17-10-6-9-16(15-17)19(27)22-11-7-14-26-12-4-3-5-13-26/h6,9-10,15H,2-5,7-8,11-14H2,1H3,(H,22,27)(H,23,28). The van der Waals surface area contributed by atoms with Crippen LogP contribution in [-0.4, -0.2) is 53.1 Å². The summed E-state index contributed by atoms with van der Waals surface area (Å²) >= 11 is 1.30. The molecule has 8 heteroatoms. The number of carbonyl (C=O) groups excluding carboxylic acids is 2. The number of nitrogens with zero attached hydrogens (tertiary/aromatic N) is 3. The molecule has 1 aromatic carbocycles. The van der Waals surface area contributed by atoms with E-state index < -0.39 is 0 Å². The number of carbonyl (C=O) groups is 2. The summed E-state index contributed by atoms with van der Waals surface area (Å²) in [7, 11) is 0. The van der Waals surface area contributed by atoms with E-state index in [2.05, 4.69) is 32.7 Å². The molecular formula is C21H29N5O2S. The highest BCUT2D eigenvalue weighted by Crippen LogP contribution is 2.16. The highest BCUT2D eigenvalue weighted by Gasteiger charge is 2.14. The minimum absolute atomic E-state index is 0.124. The molecule has 3 rings (SSSR count). The van der Waals surface area contributed by atoms with Crippen LogP contribution in [-0.2, 0) is 6.42 Å². The normalized spacial score (nSPS) is 14.5. The summed E-state index contributed by atoms with van der Waals surface area (Å²) in [5, 5.41) is 14.9. The molecule has 156 valence electrons. The number of anilines is 1. The summed E-state index contributed by atoms with van der Waals surface area (Å²) in [6.45, 7) is 6.08. The Morgan fingerprint density at radius 2 is 1.97 bits per heavy atom. The lowest BCUT2D eigenvalue weighted by Gasteiger charge is -2.26. The van der Waals surface area contributed by atoms with Crippen LogP contribution >= 0.6 is 11.3 Å². The van der Waals surface area contributed by atoms with E-state index in [1.165, 1.54) is 43.7 Å². The Kier molecular flexibility index (Phi) is 8.13. The molecule has 0 atom stereocenters. The van der Waals surface area contributed by atoms with Crippen molar-refractivity contribution in [3.63, 3.8) is 0 Å². The molecule has 1 aliphatic heterocycles. The second-order valence-corrected chi connectivity index (χ2v) is 8.36. The van der Waals surface area contributed by atoms with Crippen molar-refractivity contribution < 1.29 is 9.59 Å². The van der Waals surface area contributed by atoms with Gasteiger partial charge in [-0.1, -0.05) is 30.7 Å². The molecule has 0 radical (unpaired) electrons. The molecule has 1 saturated heterocycles. The summed E-state index contributed by atoms with van der Waals surface area (Å²) < 4.78 is 0. The first-order chi connectivity index (χ1) is 14.2. The molecule has 1 aliphatic rings. The smallest absolute Gasteiger partial charge is 0.286 e. The molecule has 7 nitrogen and oxygen atoms in total. The number of nitrogens with one attached hydrogen (secondary N) is 2. The molecule has 2 N–H and O–H groups in total. The van der Waals surface area contributed by atoms with Gasteiger partial charge in [-0.2, -0.15) is 0 Å². The van der Waals surface area contributed by atoms with Gasteiger partial charge in [-0.15, -0.1) is 10.2 Å². The molecule has 2 amide bonds. The van der Waals surface area contributed by atoms with Gasteiger partial charge in [0.05, 0.1) is 0 Å². The number of rotatable bonds is 9. The summed E-state index contributed by atoms with van der Waals surface area (Å²) in [6.07, 6.45) is 6.62. The number of amides is 2. The lowest BCUT2D eigenvalue weighted by atomic mass is 10.1. The molecular weight excluding hydrogens is 386 g/mol. The Labute approximate surface area is 175 Å². The Bertz CT molecular complexity index is 817. The van der Waals surface area contributed by atoms with Gasteiger partial charge in [-0.3, -0.25) is 9.59 Å². The third-order valence-electron chi connectivity index (χ3n) is 4.89. The van der Waals surface area contributed by atoms with Crippen LogP contribution < -0.4 is 10.6 Å². The average molecular weight is 416 g/mol. The van der Waals surface area contributed by atoms with Crippen LogP contribution in [0.3, 0.4) is 0 Å². The molecule has 0 aliphatic carbocycles. The lowest BCUT2D eigenvalue weighted by Crippen LogP contribution is -2.33. The van der Waals surface area contributed by atoms with Crippen LogP contribution in [0.2, 0.25) is 0 Å². The third-order valence-corrected chi connectivity index (χ3v) is 5.87. The highest BCUT2D eigenvalue weighted by atomic mass is 32.1. The Balaban J connectivity index is 1.47. The number of aryl methyl sites for hydroxylation is 1. The van der Waals surface area contributed by atoms with Gasteiger partial charge in [0, 0.05) is 24.2 Å². The Hall–Kier alpha value is -2.32. The Morgan fingerprint density at radius 1 is 1.14 bits per heavy atom. The largest absolute Gasteiger partial charge is 0.352 e. The predicted octanol–water partition coefficient (Wildman–Crippen LogP) is 3.35. The van der Waals surface area contributed by atoms with Crippen molar-refractivity contribution in [2.45, 2.75) is 45.4 Å². The zero-order chi connectivity index (χ0) is 20.5. The van der Waals surface area contributed by atoms with Gasteiger partial charge < -0.3 is 15.5 Å². The second kappa shape index (κ2) is 11.0. The lowest BCUT2D eigenvalue weighted by molar-refractivity contribution is 0.0949. The first-order valence-electron chi connectivity index (χ1n) is 10.4. The molecule has 2 heterocycles. The van der Waals surface area contributed by atoms with Crippen LogP contribution in [0.15, 0.2) is 24.3 Å². The van der Waals surface area contributed by atoms with Crippen molar-refractivity contribution in [3.05, 3.63) is 39.8 Å². The molecule has 29 heavy (non-hydrogen) atoms. The number of likely N-dealkylation sites (tertiary alicyclic amines) is 1. The fourth-order valence-corrected chi connectivity index (χ4v) is 4.21. The number of hydrogen-bond acceptors (Lipinski definition) is 6. The third kappa shape index (κ3) is 6.61. The van der Waals surface area contributed by atoms with Gasteiger partial charge in [0.2, 0.25) is 5.01 Å². The van der Waals surface area contributed by atoms with Crippen LogP contribution in [0.5, 0.6) is 0 Å². The van der Waals surface area contributed by atoms with Gasteiger partial charge in [-0.25, -0.2) is 0 Å².